The maximum atomic E-state index is 9.36. The zero-order chi connectivity index (χ0) is 11.5. The van der Waals surface area contributed by atoms with Crippen LogP contribution in [-0.4, -0.2) is 30.6 Å². The van der Waals surface area contributed by atoms with E-state index >= 15 is 0 Å². The molecule has 3 N–H and O–H groups in total. The minimum absolute atomic E-state index is 0.0536. The summed E-state index contributed by atoms with van der Waals surface area (Å²) in [6, 6.07) is 6.27. The number of rotatable bonds is 2. The highest BCUT2D eigenvalue weighted by Crippen LogP contribution is 2.28. The van der Waals surface area contributed by atoms with E-state index in [0.29, 0.717) is 0 Å². The van der Waals surface area contributed by atoms with E-state index in [0.717, 1.165) is 0 Å². The molecule has 0 saturated heterocycles. The number of phenolic OH excluding ortho intramolecular Hbond substituents is 1. The van der Waals surface area contributed by atoms with Crippen LogP contribution in [0.2, 0.25) is 0 Å². The van der Waals surface area contributed by atoms with Crippen molar-refractivity contribution in [2.45, 2.75) is 0 Å². The fourth-order valence-electron chi connectivity index (χ4n) is 0.996. The quantitative estimate of drug-likeness (QED) is 0.522. The first-order valence-corrected chi connectivity index (χ1v) is 4.22. The Kier molecular flexibility index (Phi) is 2.38. The summed E-state index contributed by atoms with van der Waals surface area (Å²) < 4.78 is 0. The van der Waals surface area contributed by atoms with Crippen LogP contribution >= 0.6 is 0 Å². The van der Waals surface area contributed by atoms with Crippen molar-refractivity contribution in [2.24, 2.45) is 10.2 Å². The molecule has 2 rings (SSSR count). The van der Waals surface area contributed by atoms with Gasteiger partial charge in [-0.2, -0.15) is 0 Å². The Morgan fingerprint density at radius 1 is 1.06 bits per heavy atom. The van der Waals surface area contributed by atoms with Gasteiger partial charge in [-0.1, -0.05) is 22.3 Å². The van der Waals surface area contributed by atoms with Gasteiger partial charge < -0.3 is 15.4 Å². The second kappa shape index (κ2) is 3.85. The molecule has 0 radical (unpaired) electrons. The zero-order valence-electron chi connectivity index (χ0n) is 7.89. The molecule has 1 aromatic carbocycles. The molecule has 1 heterocycles. The summed E-state index contributed by atoms with van der Waals surface area (Å²) in [5, 5.41) is 40.9. The Hall–Kier alpha value is -2.64. The predicted molar refractivity (Wildman–Crippen MR) is 51.2 cm³/mol. The molecule has 0 spiro atoms. The summed E-state index contributed by atoms with van der Waals surface area (Å²) in [6.07, 6.45) is 0. The molecule has 82 valence electrons. The molecule has 8 nitrogen and oxygen atoms in total. The second-order valence-electron chi connectivity index (χ2n) is 2.80. The predicted octanol–water partition coefficient (Wildman–Crippen LogP) is 1.34. The molecule has 16 heavy (non-hydrogen) atoms. The van der Waals surface area contributed by atoms with Crippen LogP contribution in [0.5, 0.6) is 11.6 Å². The smallest absolute Gasteiger partial charge is 0.283 e. The highest BCUT2D eigenvalue weighted by Gasteiger charge is 2.08. The van der Waals surface area contributed by atoms with Crippen LogP contribution in [0.1, 0.15) is 0 Å². The maximum Gasteiger partial charge on any atom is 0.283 e. The Labute approximate surface area is 89.1 Å². The lowest BCUT2D eigenvalue weighted by molar-refractivity contribution is 0.108. The van der Waals surface area contributed by atoms with Crippen LogP contribution in [0, 0.1) is 0 Å². The van der Waals surface area contributed by atoms with Gasteiger partial charge in [-0.25, -0.2) is 0 Å². The van der Waals surface area contributed by atoms with Crippen LogP contribution in [0.15, 0.2) is 34.5 Å². The van der Waals surface area contributed by atoms with Crippen molar-refractivity contribution in [3.05, 3.63) is 24.3 Å². The van der Waals surface area contributed by atoms with E-state index in [1.807, 2.05) is 0 Å². The number of para-hydroxylation sites is 1. The Morgan fingerprint density at radius 3 is 2.44 bits per heavy atom. The largest absolute Gasteiger partial charge is 0.506 e. The molecule has 0 unspecified atom stereocenters. The molecule has 0 aliphatic heterocycles. The van der Waals surface area contributed by atoms with Crippen molar-refractivity contribution in [3.63, 3.8) is 0 Å². The van der Waals surface area contributed by atoms with Gasteiger partial charge in [0.05, 0.1) is 0 Å². The summed E-state index contributed by atoms with van der Waals surface area (Å²) in [5.41, 5.74) is 0.217. The van der Waals surface area contributed by atoms with E-state index in [-0.39, 0.29) is 22.2 Å². The van der Waals surface area contributed by atoms with Crippen LogP contribution in [0.4, 0.5) is 11.5 Å². The third-order valence-corrected chi connectivity index (χ3v) is 1.70. The SMILES string of the molecule is Oc1ccccc1N=Nc1nn(O)nc1O. The van der Waals surface area contributed by atoms with Gasteiger partial charge in [0.2, 0.25) is 0 Å². The summed E-state index contributed by atoms with van der Waals surface area (Å²) in [7, 11) is 0. The fraction of sp³-hybridized carbons (Fsp3) is 0. The second-order valence-corrected chi connectivity index (χ2v) is 2.80. The van der Waals surface area contributed by atoms with Gasteiger partial charge in [-0.15, -0.1) is 10.2 Å². The number of hydrogen-bond donors (Lipinski definition) is 3. The van der Waals surface area contributed by atoms with Gasteiger partial charge in [0.1, 0.15) is 11.4 Å². The van der Waals surface area contributed by atoms with E-state index in [9.17, 15) is 5.11 Å². The van der Waals surface area contributed by atoms with Gasteiger partial charge in [0.15, 0.2) is 0 Å². The van der Waals surface area contributed by atoms with Crippen LogP contribution in [0.25, 0.3) is 0 Å². The number of phenols is 1. The van der Waals surface area contributed by atoms with E-state index in [1.165, 1.54) is 12.1 Å². The van der Waals surface area contributed by atoms with Gasteiger partial charge in [0.25, 0.3) is 11.7 Å². The number of azo groups is 1. The van der Waals surface area contributed by atoms with Crippen LogP contribution in [-0.2, 0) is 0 Å². The van der Waals surface area contributed by atoms with Crippen molar-refractivity contribution in [2.75, 3.05) is 0 Å². The van der Waals surface area contributed by atoms with E-state index < -0.39 is 5.88 Å². The molecule has 0 bridgehead atoms. The van der Waals surface area contributed by atoms with Gasteiger partial charge in [-0.3, -0.25) is 0 Å². The Morgan fingerprint density at radius 2 is 1.81 bits per heavy atom. The van der Waals surface area contributed by atoms with Crippen molar-refractivity contribution in [1.29, 1.82) is 0 Å². The van der Waals surface area contributed by atoms with E-state index in [2.05, 4.69) is 20.4 Å². The summed E-state index contributed by atoms with van der Waals surface area (Å²) in [5.74, 6) is -0.852. The molecule has 1 aromatic heterocycles. The molecule has 2 aromatic rings. The normalized spacial score (nSPS) is 11.0. The monoisotopic (exact) mass is 221 g/mol. The van der Waals surface area contributed by atoms with Crippen molar-refractivity contribution < 1.29 is 15.4 Å². The number of benzene rings is 1. The lowest BCUT2D eigenvalue weighted by Crippen LogP contribution is -1.92. The number of hydrogen-bond acceptors (Lipinski definition) is 7. The standard InChI is InChI=1S/C8H7N5O3/c14-6-4-2-1-3-5(6)9-10-7-8(15)12-13(16)11-7/h1-4,14,16H,(H,12,15). The summed E-state index contributed by atoms with van der Waals surface area (Å²) >= 11 is 0. The summed E-state index contributed by atoms with van der Waals surface area (Å²) in [6.45, 7) is 0. The molecule has 0 fully saturated rings. The average Bonchev–Trinajstić information content (AvgIpc) is 2.56. The average molecular weight is 221 g/mol. The molecule has 0 amide bonds. The highest BCUT2D eigenvalue weighted by atomic mass is 16.5. The maximum absolute atomic E-state index is 9.36. The van der Waals surface area contributed by atoms with Gasteiger partial charge >= 0.3 is 0 Å². The lowest BCUT2D eigenvalue weighted by Gasteiger charge is -1.94. The molecule has 8 heteroatoms. The highest BCUT2D eigenvalue weighted by molar-refractivity contribution is 5.50. The molecular formula is C8H7N5O3. The first-order valence-electron chi connectivity index (χ1n) is 4.22. The molecule has 0 aliphatic rings. The van der Waals surface area contributed by atoms with Crippen molar-refractivity contribution >= 4 is 11.5 Å². The van der Waals surface area contributed by atoms with Gasteiger partial charge in [0, 0.05) is 0 Å². The zero-order valence-corrected chi connectivity index (χ0v) is 7.89. The molecular weight excluding hydrogens is 214 g/mol. The first-order chi connectivity index (χ1) is 7.66. The summed E-state index contributed by atoms with van der Waals surface area (Å²) in [4.78, 5) is 0.175. The van der Waals surface area contributed by atoms with Crippen LogP contribution < -0.4 is 0 Å². The van der Waals surface area contributed by atoms with Crippen LogP contribution in [0.3, 0.4) is 0 Å². The molecule has 0 aliphatic carbocycles. The first kappa shape index (κ1) is 9.90. The third-order valence-electron chi connectivity index (χ3n) is 1.70. The van der Waals surface area contributed by atoms with Crippen molar-refractivity contribution in [1.82, 2.24) is 15.2 Å². The van der Waals surface area contributed by atoms with E-state index in [4.69, 9.17) is 10.3 Å². The Bertz CT molecular complexity index is 536. The van der Waals surface area contributed by atoms with E-state index in [1.54, 1.807) is 12.1 Å². The number of nitrogens with zero attached hydrogens (tertiary/aromatic N) is 5. The number of aromatic nitrogens is 3. The van der Waals surface area contributed by atoms with Crippen molar-refractivity contribution in [3.8, 4) is 11.6 Å². The number of aromatic hydroxyl groups is 2. The molecule has 0 saturated carbocycles. The topological polar surface area (TPSA) is 116 Å². The minimum atomic E-state index is -0.554. The lowest BCUT2D eigenvalue weighted by atomic mass is 10.3. The minimum Gasteiger partial charge on any atom is -0.506 e. The molecule has 0 atom stereocenters. The third kappa shape index (κ3) is 1.90. The fourth-order valence-corrected chi connectivity index (χ4v) is 0.996. The Balaban J connectivity index is 2.28. The van der Waals surface area contributed by atoms with Gasteiger partial charge in [-0.05, 0) is 17.1 Å².